The summed E-state index contributed by atoms with van der Waals surface area (Å²) in [6.07, 6.45) is -16.0. The van der Waals surface area contributed by atoms with Crippen molar-refractivity contribution in [2.24, 2.45) is 5.92 Å². The number of ether oxygens (including phenoxy) is 2. The molecule has 0 aromatic rings. The van der Waals surface area contributed by atoms with Gasteiger partial charge in [0.05, 0.1) is 5.92 Å². The van der Waals surface area contributed by atoms with E-state index in [0.29, 0.717) is 6.42 Å². The van der Waals surface area contributed by atoms with E-state index in [9.17, 15) is 35.9 Å². The van der Waals surface area contributed by atoms with Crippen LogP contribution >= 0.6 is 0 Å². The Bertz CT molecular complexity index is 495. The van der Waals surface area contributed by atoms with E-state index in [1.54, 1.807) is 13.8 Å². The summed E-state index contributed by atoms with van der Waals surface area (Å²) in [7, 11) is 0. The van der Waals surface area contributed by atoms with Gasteiger partial charge in [-0.25, -0.2) is 4.79 Å². The lowest BCUT2D eigenvalue weighted by molar-refractivity contribution is -0.314. The molecule has 0 N–H and O–H groups in total. The molecule has 11 heteroatoms. The van der Waals surface area contributed by atoms with Crippen LogP contribution in [-0.2, 0) is 14.3 Å². The van der Waals surface area contributed by atoms with Crippen LogP contribution in [0.15, 0.2) is 0 Å². The van der Waals surface area contributed by atoms with Crippen molar-refractivity contribution in [3.05, 3.63) is 0 Å². The van der Waals surface area contributed by atoms with Gasteiger partial charge in [-0.2, -0.15) is 26.3 Å². The van der Waals surface area contributed by atoms with Gasteiger partial charge in [0, 0.05) is 13.1 Å². The van der Waals surface area contributed by atoms with E-state index in [0.717, 1.165) is 0 Å². The Hall–Kier alpha value is -1.68. The maximum atomic E-state index is 12.4. The van der Waals surface area contributed by atoms with E-state index in [4.69, 9.17) is 4.74 Å². The van der Waals surface area contributed by atoms with E-state index in [1.807, 2.05) is 6.92 Å². The normalized spacial score (nSPS) is 17.4. The molecule has 0 aromatic carbocycles. The van der Waals surface area contributed by atoms with Crippen LogP contribution in [0.4, 0.5) is 31.1 Å². The monoisotopic (exact) mass is 393 g/mol. The maximum Gasteiger partial charge on any atom is 0.434 e. The number of rotatable bonds is 4. The second-order valence-electron chi connectivity index (χ2n) is 6.64. The van der Waals surface area contributed by atoms with Crippen molar-refractivity contribution < 1.29 is 45.4 Å². The molecule has 1 amide bonds. The van der Waals surface area contributed by atoms with E-state index < -0.39 is 42.0 Å². The molecule has 152 valence electrons. The lowest BCUT2D eigenvalue weighted by atomic mass is 9.97. The van der Waals surface area contributed by atoms with Crippen LogP contribution in [0.3, 0.4) is 0 Å². The topological polar surface area (TPSA) is 55.8 Å². The van der Waals surface area contributed by atoms with Crippen molar-refractivity contribution in [2.75, 3.05) is 13.1 Å². The second-order valence-corrected chi connectivity index (χ2v) is 6.64. The molecular formula is C15H21F6NO4. The zero-order chi connectivity index (χ0) is 20.3. The van der Waals surface area contributed by atoms with Crippen molar-refractivity contribution in [3.63, 3.8) is 0 Å². The molecule has 1 heterocycles. The molecule has 5 nitrogen and oxygen atoms in total. The van der Waals surface area contributed by atoms with Crippen LogP contribution < -0.4 is 0 Å². The molecule has 1 aliphatic heterocycles. The molecule has 0 saturated carbocycles. The van der Waals surface area contributed by atoms with E-state index in [1.165, 1.54) is 4.90 Å². The standard InChI is InChI=1S/C15H21F6NO4/c1-4-13(2,3)26-12(24)22-7-5-9(6-8-22)10(23)25-11(14(16,17)18)15(19,20)21/h9,11H,4-8H2,1-3H3. The summed E-state index contributed by atoms with van der Waals surface area (Å²) in [5.74, 6) is -2.73. The van der Waals surface area contributed by atoms with Crippen molar-refractivity contribution >= 4 is 12.1 Å². The number of likely N-dealkylation sites (tertiary alicyclic amines) is 1. The highest BCUT2D eigenvalue weighted by Crippen LogP contribution is 2.36. The fraction of sp³-hybridized carbons (Fsp3) is 0.867. The van der Waals surface area contributed by atoms with E-state index >= 15 is 0 Å². The van der Waals surface area contributed by atoms with E-state index in [2.05, 4.69) is 4.74 Å². The number of esters is 1. The highest BCUT2D eigenvalue weighted by Gasteiger charge is 2.60. The maximum absolute atomic E-state index is 12.4. The summed E-state index contributed by atoms with van der Waals surface area (Å²) in [5, 5.41) is 0. The molecule has 1 aliphatic rings. The van der Waals surface area contributed by atoms with Gasteiger partial charge in [0.2, 0.25) is 0 Å². The Balaban J connectivity index is 2.62. The molecule has 0 aromatic heterocycles. The molecule has 1 rings (SSSR count). The van der Waals surface area contributed by atoms with Gasteiger partial charge < -0.3 is 14.4 Å². The Morgan fingerprint density at radius 3 is 1.88 bits per heavy atom. The molecule has 0 radical (unpaired) electrons. The van der Waals surface area contributed by atoms with Crippen molar-refractivity contribution in [1.82, 2.24) is 4.90 Å². The van der Waals surface area contributed by atoms with Gasteiger partial charge in [-0.15, -0.1) is 0 Å². The van der Waals surface area contributed by atoms with Gasteiger partial charge in [0.1, 0.15) is 5.60 Å². The third-order valence-electron chi connectivity index (χ3n) is 4.13. The van der Waals surface area contributed by atoms with Crippen LogP contribution in [0.25, 0.3) is 0 Å². The quantitative estimate of drug-likeness (QED) is 0.534. The predicted octanol–water partition coefficient (Wildman–Crippen LogP) is 4.06. The van der Waals surface area contributed by atoms with Gasteiger partial charge in [-0.3, -0.25) is 4.79 Å². The molecular weight excluding hydrogens is 372 g/mol. The zero-order valence-electron chi connectivity index (χ0n) is 14.5. The van der Waals surface area contributed by atoms with Crippen molar-refractivity contribution in [2.45, 2.75) is 64.1 Å². The molecule has 0 bridgehead atoms. The van der Waals surface area contributed by atoms with Gasteiger partial charge in [0.15, 0.2) is 0 Å². The number of nitrogens with zero attached hydrogens (tertiary/aromatic N) is 1. The van der Waals surface area contributed by atoms with Gasteiger partial charge >= 0.3 is 24.4 Å². The number of piperidine rings is 1. The zero-order valence-corrected chi connectivity index (χ0v) is 14.5. The molecule has 0 atom stereocenters. The number of halogens is 6. The second kappa shape index (κ2) is 7.91. The summed E-state index contributed by atoms with van der Waals surface area (Å²) in [5.41, 5.74) is -0.709. The Morgan fingerprint density at radius 2 is 1.50 bits per heavy atom. The van der Waals surface area contributed by atoms with Crippen LogP contribution in [-0.4, -0.2) is 54.1 Å². The molecule has 0 aliphatic carbocycles. The lowest BCUT2D eigenvalue weighted by Crippen LogP contribution is -2.48. The number of amides is 1. The van der Waals surface area contributed by atoms with Crippen molar-refractivity contribution in [1.29, 1.82) is 0 Å². The van der Waals surface area contributed by atoms with Gasteiger partial charge in [-0.1, -0.05) is 6.92 Å². The number of alkyl halides is 6. The SMILES string of the molecule is CCC(C)(C)OC(=O)N1CCC(C(=O)OC(C(F)(F)F)C(F)(F)F)CC1. The minimum atomic E-state index is -5.75. The smallest absolute Gasteiger partial charge is 0.434 e. The molecule has 1 saturated heterocycles. The summed E-state index contributed by atoms with van der Waals surface area (Å²) < 4.78 is 83.6. The minimum absolute atomic E-state index is 0.0267. The summed E-state index contributed by atoms with van der Waals surface area (Å²) >= 11 is 0. The Morgan fingerprint density at radius 1 is 1.04 bits per heavy atom. The van der Waals surface area contributed by atoms with Gasteiger partial charge in [-0.05, 0) is 33.1 Å². The molecule has 0 spiro atoms. The molecule has 1 fully saturated rings. The predicted molar refractivity (Wildman–Crippen MR) is 77.1 cm³/mol. The first-order valence-corrected chi connectivity index (χ1v) is 7.99. The lowest BCUT2D eigenvalue weighted by Gasteiger charge is -2.34. The number of hydrogen-bond donors (Lipinski definition) is 0. The van der Waals surface area contributed by atoms with Crippen LogP contribution in [0.5, 0.6) is 0 Å². The average molecular weight is 393 g/mol. The first-order chi connectivity index (χ1) is 11.7. The third kappa shape index (κ3) is 6.24. The highest BCUT2D eigenvalue weighted by atomic mass is 19.4. The highest BCUT2D eigenvalue weighted by molar-refractivity contribution is 5.74. The average Bonchev–Trinajstić information content (AvgIpc) is 2.50. The first kappa shape index (κ1) is 22.4. The van der Waals surface area contributed by atoms with Crippen molar-refractivity contribution in [3.8, 4) is 0 Å². The first-order valence-electron chi connectivity index (χ1n) is 7.99. The van der Waals surface area contributed by atoms with Crippen LogP contribution in [0.1, 0.15) is 40.0 Å². The summed E-state index contributed by atoms with van der Waals surface area (Å²) in [4.78, 5) is 24.9. The molecule has 26 heavy (non-hydrogen) atoms. The van der Waals surface area contributed by atoms with E-state index in [-0.39, 0.29) is 25.9 Å². The number of carbonyl (C=O) groups excluding carboxylic acids is 2. The number of carbonyl (C=O) groups is 2. The third-order valence-corrected chi connectivity index (χ3v) is 4.13. The van der Waals surface area contributed by atoms with Crippen LogP contribution in [0.2, 0.25) is 0 Å². The minimum Gasteiger partial charge on any atom is -0.443 e. The largest absolute Gasteiger partial charge is 0.443 e. The van der Waals surface area contributed by atoms with Gasteiger partial charge in [0.25, 0.3) is 6.10 Å². The summed E-state index contributed by atoms with van der Waals surface area (Å²) in [6.45, 7) is 5.16. The Kier molecular flexibility index (Phi) is 6.80. The molecule has 0 unspecified atom stereocenters. The fourth-order valence-electron chi connectivity index (χ4n) is 2.20. The Labute approximate surface area is 146 Å². The van der Waals surface area contributed by atoms with Crippen LogP contribution in [0, 0.1) is 5.92 Å². The number of hydrogen-bond acceptors (Lipinski definition) is 4. The fourth-order valence-corrected chi connectivity index (χ4v) is 2.20. The summed E-state index contributed by atoms with van der Waals surface area (Å²) in [6, 6.07) is 0.